The molecule has 5 nitrogen and oxygen atoms in total. The second kappa shape index (κ2) is 6.58. The van der Waals surface area contributed by atoms with Gasteiger partial charge in [0.2, 0.25) is 0 Å². The summed E-state index contributed by atoms with van der Waals surface area (Å²) in [5.41, 5.74) is 1.10. The number of rotatable bonds is 4. The molecule has 6 heteroatoms. The van der Waals surface area contributed by atoms with E-state index < -0.39 is 24.0 Å². The molecular formula is C15H15BrN2O3. The average Bonchev–Trinajstić information content (AvgIpc) is 2.44. The number of hydrogen-bond donors (Lipinski definition) is 2. The van der Waals surface area contributed by atoms with Crippen LogP contribution in [0.5, 0.6) is 0 Å². The van der Waals surface area contributed by atoms with Gasteiger partial charge in [-0.25, -0.2) is 4.79 Å². The first kappa shape index (κ1) is 15.3. The zero-order valence-electron chi connectivity index (χ0n) is 11.3. The van der Waals surface area contributed by atoms with Gasteiger partial charge in [0.1, 0.15) is 12.5 Å². The lowest BCUT2D eigenvalue weighted by Crippen LogP contribution is -2.51. The highest BCUT2D eigenvalue weighted by atomic mass is 79.9. The number of halogens is 1. The molecule has 110 valence electrons. The molecule has 0 radical (unpaired) electrons. The van der Waals surface area contributed by atoms with E-state index in [1.807, 2.05) is 24.3 Å². The van der Waals surface area contributed by atoms with Gasteiger partial charge in [-0.2, -0.15) is 0 Å². The van der Waals surface area contributed by atoms with Crippen LogP contribution in [0.25, 0.3) is 0 Å². The topological polar surface area (TPSA) is 67.4 Å². The SMILES string of the molecule is C=CCOC(=O)[C@H]1C(=C)NC(=O)N[C@@H]1c1ccccc1Br. The van der Waals surface area contributed by atoms with Crippen LogP contribution in [0.15, 0.2) is 53.7 Å². The van der Waals surface area contributed by atoms with Crippen LogP contribution >= 0.6 is 15.9 Å². The van der Waals surface area contributed by atoms with Crippen molar-refractivity contribution in [3.8, 4) is 0 Å². The third kappa shape index (κ3) is 3.33. The first-order valence-corrected chi connectivity index (χ1v) is 7.12. The van der Waals surface area contributed by atoms with Gasteiger partial charge in [0.15, 0.2) is 0 Å². The van der Waals surface area contributed by atoms with E-state index in [2.05, 4.69) is 39.7 Å². The van der Waals surface area contributed by atoms with Gasteiger partial charge in [-0.3, -0.25) is 4.79 Å². The first-order valence-electron chi connectivity index (χ1n) is 6.33. The van der Waals surface area contributed by atoms with Gasteiger partial charge < -0.3 is 15.4 Å². The number of urea groups is 1. The van der Waals surface area contributed by atoms with E-state index in [9.17, 15) is 9.59 Å². The normalized spacial score (nSPS) is 21.2. The number of esters is 1. The molecule has 21 heavy (non-hydrogen) atoms. The molecule has 1 aromatic rings. The van der Waals surface area contributed by atoms with Crippen molar-refractivity contribution in [2.75, 3.05) is 6.61 Å². The number of amides is 2. The summed E-state index contributed by atoms with van der Waals surface area (Å²) in [5.74, 6) is -1.17. The largest absolute Gasteiger partial charge is 0.461 e. The van der Waals surface area contributed by atoms with Crippen molar-refractivity contribution in [1.82, 2.24) is 10.6 Å². The third-order valence-electron chi connectivity index (χ3n) is 3.11. The molecule has 2 amide bonds. The molecule has 0 aliphatic carbocycles. The van der Waals surface area contributed by atoms with Crippen LogP contribution in [0, 0.1) is 5.92 Å². The second-order valence-electron chi connectivity index (χ2n) is 4.52. The van der Waals surface area contributed by atoms with Crippen molar-refractivity contribution in [3.05, 3.63) is 59.2 Å². The van der Waals surface area contributed by atoms with E-state index in [1.165, 1.54) is 6.08 Å². The summed E-state index contributed by atoms with van der Waals surface area (Å²) in [6.45, 7) is 7.38. The summed E-state index contributed by atoms with van der Waals surface area (Å²) in [7, 11) is 0. The zero-order valence-corrected chi connectivity index (χ0v) is 12.9. The smallest absolute Gasteiger partial charge is 0.319 e. The monoisotopic (exact) mass is 350 g/mol. The summed E-state index contributed by atoms with van der Waals surface area (Å²) in [4.78, 5) is 23.9. The number of benzene rings is 1. The van der Waals surface area contributed by atoms with Crippen LogP contribution in [0.1, 0.15) is 11.6 Å². The molecule has 0 bridgehead atoms. The Morgan fingerprint density at radius 1 is 1.43 bits per heavy atom. The molecule has 0 spiro atoms. The van der Waals surface area contributed by atoms with E-state index in [-0.39, 0.29) is 6.61 Å². The van der Waals surface area contributed by atoms with Crippen molar-refractivity contribution < 1.29 is 14.3 Å². The summed E-state index contributed by atoms with van der Waals surface area (Å²) >= 11 is 3.43. The third-order valence-corrected chi connectivity index (χ3v) is 3.83. The number of nitrogens with one attached hydrogen (secondary N) is 2. The van der Waals surface area contributed by atoms with E-state index in [1.54, 1.807) is 0 Å². The highest BCUT2D eigenvalue weighted by Gasteiger charge is 2.39. The number of ether oxygens (including phenoxy) is 1. The Balaban J connectivity index is 2.35. The van der Waals surface area contributed by atoms with Crippen LogP contribution in [0.4, 0.5) is 4.79 Å². The van der Waals surface area contributed by atoms with E-state index in [0.29, 0.717) is 5.70 Å². The maximum absolute atomic E-state index is 12.2. The molecule has 1 fully saturated rings. The fourth-order valence-corrected chi connectivity index (χ4v) is 2.71. The highest BCUT2D eigenvalue weighted by Crippen LogP contribution is 2.34. The molecule has 2 atom stereocenters. The van der Waals surface area contributed by atoms with Crippen molar-refractivity contribution in [2.24, 2.45) is 5.92 Å². The molecule has 1 aromatic carbocycles. The average molecular weight is 351 g/mol. The lowest BCUT2D eigenvalue weighted by atomic mass is 9.89. The molecular weight excluding hydrogens is 336 g/mol. The summed E-state index contributed by atoms with van der Waals surface area (Å²) < 4.78 is 5.90. The van der Waals surface area contributed by atoms with E-state index in [0.717, 1.165) is 10.0 Å². The molecule has 2 rings (SSSR count). The molecule has 1 heterocycles. The second-order valence-corrected chi connectivity index (χ2v) is 5.37. The Morgan fingerprint density at radius 2 is 2.14 bits per heavy atom. The predicted molar refractivity (Wildman–Crippen MR) is 82.3 cm³/mol. The van der Waals surface area contributed by atoms with E-state index in [4.69, 9.17) is 4.74 Å². The summed E-state index contributed by atoms with van der Waals surface area (Å²) in [5, 5.41) is 5.26. The van der Waals surface area contributed by atoms with Crippen molar-refractivity contribution in [1.29, 1.82) is 0 Å². The fourth-order valence-electron chi connectivity index (χ4n) is 2.18. The molecule has 0 unspecified atom stereocenters. The van der Waals surface area contributed by atoms with Crippen LogP contribution in [0.2, 0.25) is 0 Å². The van der Waals surface area contributed by atoms with Gasteiger partial charge >= 0.3 is 12.0 Å². The standard InChI is InChI=1S/C15H15BrN2O3/c1-3-8-21-14(19)12-9(2)17-15(20)18-13(12)10-6-4-5-7-11(10)16/h3-7,12-13H,1-2,8H2,(H2,17,18,20)/t12-,13+/m0/s1. The summed E-state index contributed by atoms with van der Waals surface area (Å²) in [6, 6.07) is 6.44. The molecule has 2 N–H and O–H groups in total. The minimum atomic E-state index is -0.707. The number of hydrogen-bond acceptors (Lipinski definition) is 3. The Bertz CT molecular complexity index is 600. The van der Waals surface area contributed by atoms with Gasteiger partial charge in [-0.1, -0.05) is 53.4 Å². The van der Waals surface area contributed by atoms with Gasteiger partial charge in [-0.15, -0.1) is 0 Å². The fraction of sp³-hybridized carbons (Fsp3) is 0.200. The molecule has 1 saturated heterocycles. The van der Waals surface area contributed by atoms with Crippen molar-refractivity contribution in [3.63, 3.8) is 0 Å². The zero-order chi connectivity index (χ0) is 15.4. The van der Waals surface area contributed by atoms with Gasteiger partial charge in [0.25, 0.3) is 0 Å². The highest BCUT2D eigenvalue weighted by molar-refractivity contribution is 9.10. The number of carbonyl (C=O) groups excluding carboxylic acids is 2. The Morgan fingerprint density at radius 3 is 2.81 bits per heavy atom. The minimum absolute atomic E-state index is 0.110. The lowest BCUT2D eigenvalue weighted by molar-refractivity contribution is -0.147. The van der Waals surface area contributed by atoms with Crippen LogP contribution in [-0.2, 0) is 9.53 Å². The maximum Gasteiger partial charge on any atom is 0.319 e. The molecule has 0 saturated carbocycles. The van der Waals surface area contributed by atoms with Gasteiger partial charge in [0, 0.05) is 10.2 Å². The Kier molecular flexibility index (Phi) is 4.80. The van der Waals surface area contributed by atoms with E-state index >= 15 is 0 Å². The van der Waals surface area contributed by atoms with Gasteiger partial charge in [-0.05, 0) is 11.6 Å². The molecule has 1 aliphatic heterocycles. The quantitative estimate of drug-likeness (QED) is 0.647. The minimum Gasteiger partial charge on any atom is -0.461 e. The van der Waals surface area contributed by atoms with Crippen molar-refractivity contribution in [2.45, 2.75) is 6.04 Å². The molecule has 1 aliphatic rings. The van der Waals surface area contributed by atoms with Crippen LogP contribution in [0.3, 0.4) is 0 Å². The van der Waals surface area contributed by atoms with Crippen molar-refractivity contribution >= 4 is 27.9 Å². The number of carbonyl (C=O) groups is 2. The Hall–Kier alpha value is -2.08. The first-order chi connectivity index (χ1) is 10.0. The van der Waals surface area contributed by atoms with Crippen LogP contribution in [-0.4, -0.2) is 18.6 Å². The lowest BCUT2D eigenvalue weighted by Gasteiger charge is -2.33. The summed E-state index contributed by atoms with van der Waals surface area (Å²) in [6.07, 6.45) is 1.49. The predicted octanol–water partition coefficient (Wildman–Crippen LogP) is 2.66. The Labute approximate surface area is 131 Å². The maximum atomic E-state index is 12.2. The molecule has 0 aromatic heterocycles. The van der Waals surface area contributed by atoms with Gasteiger partial charge in [0.05, 0.1) is 6.04 Å². The van der Waals surface area contributed by atoms with Crippen LogP contribution < -0.4 is 10.6 Å².